The summed E-state index contributed by atoms with van der Waals surface area (Å²) in [5, 5.41) is 7.62. The Bertz CT molecular complexity index is 909. The van der Waals surface area contributed by atoms with Gasteiger partial charge in [-0.3, -0.25) is 14.4 Å². The van der Waals surface area contributed by atoms with Crippen LogP contribution < -0.4 is 16.0 Å². The van der Waals surface area contributed by atoms with Crippen molar-refractivity contribution in [3.05, 3.63) is 42.2 Å². The average molecular weight is 383 g/mol. The summed E-state index contributed by atoms with van der Waals surface area (Å²) in [6, 6.07) is 8.20. The number of nitrogens with one attached hydrogen (secondary N) is 2. The van der Waals surface area contributed by atoms with Crippen LogP contribution >= 0.6 is 0 Å². The minimum absolute atomic E-state index is 0.0623. The number of carbonyl (C=O) groups is 3. The van der Waals surface area contributed by atoms with Gasteiger partial charge in [0, 0.05) is 18.2 Å². The molecule has 0 bridgehead atoms. The number of furan rings is 1. The van der Waals surface area contributed by atoms with Crippen molar-refractivity contribution in [2.75, 3.05) is 25.5 Å². The van der Waals surface area contributed by atoms with Crippen LogP contribution in [0, 0.1) is 0 Å². The number of anilines is 1. The zero-order valence-electron chi connectivity index (χ0n) is 15.6. The lowest BCUT2D eigenvalue weighted by atomic mass is 9.96. The van der Waals surface area contributed by atoms with E-state index in [1.54, 1.807) is 34.7 Å². The summed E-state index contributed by atoms with van der Waals surface area (Å²) in [7, 11) is 1.83. The van der Waals surface area contributed by atoms with Crippen molar-refractivity contribution in [1.29, 1.82) is 0 Å². The molecule has 0 saturated carbocycles. The Kier molecular flexibility index (Phi) is 4.87. The molecule has 2 aromatic rings. The van der Waals surface area contributed by atoms with Gasteiger partial charge in [-0.05, 0) is 43.2 Å². The van der Waals surface area contributed by atoms with Gasteiger partial charge in [-0.2, -0.15) is 0 Å². The van der Waals surface area contributed by atoms with Gasteiger partial charge >= 0.3 is 0 Å². The minimum atomic E-state index is -0.600. The smallest absolute Gasteiger partial charge is 0.275 e. The average Bonchev–Trinajstić information content (AvgIpc) is 3.19. The van der Waals surface area contributed by atoms with Crippen LogP contribution in [0.5, 0.6) is 0 Å². The van der Waals surface area contributed by atoms with E-state index in [9.17, 15) is 14.4 Å². The van der Waals surface area contributed by atoms with E-state index in [0.717, 1.165) is 5.56 Å². The van der Waals surface area contributed by atoms with Gasteiger partial charge in [0.2, 0.25) is 5.91 Å². The van der Waals surface area contributed by atoms with Crippen molar-refractivity contribution in [3.8, 4) is 11.3 Å². The highest BCUT2D eigenvalue weighted by atomic mass is 16.3. The normalized spacial score (nSPS) is 21.4. The molecule has 2 atom stereocenters. The van der Waals surface area contributed by atoms with Crippen LogP contribution in [0.25, 0.3) is 11.3 Å². The lowest BCUT2D eigenvalue weighted by Gasteiger charge is -2.37. The first-order valence-corrected chi connectivity index (χ1v) is 9.43. The molecule has 3 heterocycles. The van der Waals surface area contributed by atoms with Crippen LogP contribution in [0.1, 0.15) is 23.2 Å². The molecule has 1 saturated heterocycles. The monoisotopic (exact) mass is 383 g/mol. The van der Waals surface area contributed by atoms with E-state index >= 15 is 0 Å². The number of likely N-dealkylation sites (N-methyl/N-ethyl adjacent to an activating group) is 1. The Morgan fingerprint density at radius 1 is 1.36 bits per heavy atom. The van der Waals surface area contributed by atoms with Crippen LogP contribution in [0.15, 0.2) is 41.0 Å². The first-order chi connectivity index (χ1) is 13.6. The summed E-state index contributed by atoms with van der Waals surface area (Å²) < 4.78 is 5.42. The van der Waals surface area contributed by atoms with Crippen molar-refractivity contribution in [3.63, 3.8) is 0 Å². The summed E-state index contributed by atoms with van der Waals surface area (Å²) in [4.78, 5) is 39.5. The summed E-state index contributed by atoms with van der Waals surface area (Å²) in [6.07, 6.45) is 2.61. The minimum Gasteiger partial charge on any atom is -0.464 e. The number of carbonyl (C=O) groups excluding carboxylic acids is 3. The third-order valence-electron chi connectivity index (χ3n) is 5.23. The second-order valence-electron chi connectivity index (χ2n) is 7.14. The quantitative estimate of drug-likeness (QED) is 0.700. The molecule has 3 amide bonds. The maximum absolute atomic E-state index is 13.2. The highest BCUT2D eigenvalue weighted by Gasteiger charge is 2.40. The molecule has 2 aliphatic heterocycles. The third kappa shape index (κ3) is 3.38. The maximum atomic E-state index is 13.2. The number of hydrogen-bond donors (Lipinski definition) is 3. The van der Waals surface area contributed by atoms with Gasteiger partial charge < -0.3 is 25.3 Å². The van der Waals surface area contributed by atoms with Crippen LogP contribution in [0.2, 0.25) is 0 Å². The molecule has 2 aliphatic rings. The Hall–Kier alpha value is -3.13. The van der Waals surface area contributed by atoms with Crippen molar-refractivity contribution in [2.45, 2.75) is 24.9 Å². The molecule has 1 aromatic heterocycles. The predicted molar refractivity (Wildman–Crippen MR) is 101 cm³/mol. The fraction of sp³-hybridized carbons (Fsp3) is 0.350. The highest BCUT2D eigenvalue weighted by molar-refractivity contribution is 6.10. The van der Waals surface area contributed by atoms with E-state index in [2.05, 4.69) is 10.6 Å². The Morgan fingerprint density at radius 2 is 2.21 bits per heavy atom. The Balaban J connectivity index is 1.58. The van der Waals surface area contributed by atoms with E-state index < -0.39 is 6.04 Å². The number of fused-ring (bicyclic) bond motifs is 2. The fourth-order valence-electron chi connectivity index (χ4n) is 3.86. The molecule has 0 spiro atoms. The van der Waals surface area contributed by atoms with Crippen LogP contribution in [-0.2, 0) is 9.59 Å². The molecule has 4 rings (SSSR count). The first kappa shape index (κ1) is 18.2. The van der Waals surface area contributed by atoms with Crippen molar-refractivity contribution >= 4 is 23.4 Å². The van der Waals surface area contributed by atoms with Gasteiger partial charge in [-0.25, -0.2) is 0 Å². The van der Waals surface area contributed by atoms with E-state index in [-0.39, 0.29) is 23.8 Å². The lowest BCUT2D eigenvalue weighted by Crippen LogP contribution is -2.82. The predicted octanol–water partition coefficient (Wildman–Crippen LogP) is 0.181. The summed E-state index contributed by atoms with van der Waals surface area (Å²) >= 11 is 0. The number of nitrogens with two attached hydrogens (primary N) is 1. The van der Waals surface area contributed by atoms with Crippen LogP contribution in [0.4, 0.5) is 5.69 Å². The van der Waals surface area contributed by atoms with E-state index in [4.69, 9.17) is 4.42 Å². The molecule has 28 heavy (non-hydrogen) atoms. The molecule has 1 aromatic carbocycles. The molecule has 8 heteroatoms. The van der Waals surface area contributed by atoms with Crippen molar-refractivity contribution < 1.29 is 24.1 Å². The second kappa shape index (κ2) is 7.47. The summed E-state index contributed by atoms with van der Waals surface area (Å²) in [6.45, 7) is 0.763. The van der Waals surface area contributed by atoms with Crippen molar-refractivity contribution in [1.82, 2.24) is 10.2 Å². The van der Waals surface area contributed by atoms with Gasteiger partial charge in [0.05, 0.1) is 24.6 Å². The standard InChI is InChI=1S/C20H22N4O4/c1-21-11-18(25)22-13-6-7-24-16(10-13)19(26)23-15-5-4-12(9-14(15)20(24)27)17-3-2-8-28-17/h2-5,8-9,13,16,21H,6-7,10-11H2,1H3,(H,22,25)(H,23,26)/p+1/t13-,16-/m0/s1. The number of quaternary nitrogens is 1. The number of benzene rings is 1. The molecule has 146 valence electrons. The highest BCUT2D eigenvalue weighted by Crippen LogP contribution is 2.31. The van der Waals surface area contributed by atoms with Gasteiger partial charge in [-0.1, -0.05) is 0 Å². The second-order valence-corrected chi connectivity index (χ2v) is 7.14. The largest absolute Gasteiger partial charge is 0.464 e. The first-order valence-electron chi connectivity index (χ1n) is 9.43. The fourth-order valence-corrected chi connectivity index (χ4v) is 3.86. The molecular formula is C20H23N4O4+. The van der Waals surface area contributed by atoms with E-state index in [1.807, 2.05) is 19.2 Å². The number of nitrogens with zero attached hydrogens (tertiary/aromatic N) is 1. The zero-order valence-corrected chi connectivity index (χ0v) is 15.6. The number of rotatable bonds is 4. The molecule has 4 N–H and O–H groups in total. The summed E-state index contributed by atoms with van der Waals surface area (Å²) in [5.74, 6) is 0.196. The topological polar surface area (TPSA) is 108 Å². The summed E-state index contributed by atoms with van der Waals surface area (Å²) in [5.41, 5.74) is 1.73. The van der Waals surface area contributed by atoms with E-state index in [1.165, 1.54) is 0 Å². The van der Waals surface area contributed by atoms with Crippen LogP contribution in [0.3, 0.4) is 0 Å². The Labute approximate surface area is 162 Å². The molecule has 0 radical (unpaired) electrons. The number of piperidine rings is 1. The van der Waals surface area contributed by atoms with E-state index in [0.29, 0.717) is 42.9 Å². The molecule has 1 fully saturated rings. The maximum Gasteiger partial charge on any atom is 0.275 e. The number of hydrogen-bond acceptors (Lipinski definition) is 4. The van der Waals surface area contributed by atoms with Gasteiger partial charge in [0.15, 0.2) is 6.54 Å². The third-order valence-corrected chi connectivity index (χ3v) is 5.23. The number of amides is 3. The van der Waals surface area contributed by atoms with Crippen molar-refractivity contribution in [2.24, 2.45) is 0 Å². The van der Waals surface area contributed by atoms with Gasteiger partial charge in [0.1, 0.15) is 11.8 Å². The SMILES string of the molecule is C[NH2+]CC(=O)N[C@H]1CCN2C(=O)c3cc(-c4ccco4)ccc3NC(=O)[C@@H]2C1. The molecule has 0 aliphatic carbocycles. The zero-order chi connectivity index (χ0) is 19.7. The molecule has 8 nitrogen and oxygen atoms in total. The van der Waals surface area contributed by atoms with Crippen LogP contribution in [-0.4, -0.2) is 54.8 Å². The van der Waals surface area contributed by atoms with Gasteiger partial charge in [-0.15, -0.1) is 0 Å². The molecular weight excluding hydrogens is 360 g/mol. The Morgan fingerprint density at radius 3 is 2.96 bits per heavy atom. The van der Waals surface area contributed by atoms with Gasteiger partial charge in [0.25, 0.3) is 11.8 Å². The lowest BCUT2D eigenvalue weighted by molar-refractivity contribution is -0.615. The molecule has 0 unspecified atom stereocenters.